The topological polar surface area (TPSA) is 92.7 Å². The molecule has 6 nitrogen and oxygen atoms in total. The molecule has 0 saturated carbocycles. The number of esters is 1. The Bertz CT molecular complexity index is 385. The third kappa shape index (κ3) is 4.02. The number of rotatable bonds is 4. The van der Waals surface area contributed by atoms with E-state index >= 15 is 0 Å². The van der Waals surface area contributed by atoms with Crippen LogP contribution < -0.4 is 5.32 Å². The lowest BCUT2D eigenvalue weighted by molar-refractivity contribution is -0.161. The molecule has 1 aliphatic rings. The molecule has 0 spiro atoms. The number of hydrogen-bond acceptors (Lipinski definition) is 5. The number of carboxylic acids is 1. The highest BCUT2D eigenvalue weighted by atomic mass is 16.6. The van der Waals surface area contributed by atoms with Crippen LogP contribution in [0.5, 0.6) is 0 Å². The van der Waals surface area contributed by atoms with Crippen molar-refractivity contribution >= 4 is 17.7 Å². The largest absolute Gasteiger partial charge is 0.480 e. The molecule has 1 unspecified atom stereocenters. The van der Waals surface area contributed by atoms with Crippen LogP contribution in [-0.4, -0.2) is 40.5 Å². The second-order valence-corrected chi connectivity index (χ2v) is 5.76. The molecule has 2 N–H and O–H groups in total. The predicted molar refractivity (Wildman–Crippen MR) is 67.6 cm³/mol. The van der Waals surface area contributed by atoms with Gasteiger partial charge in [-0.1, -0.05) is 6.92 Å². The van der Waals surface area contributed by atoms with E-state index in [4.69, 9.17) is 9.84 Å². The Hall–Kier alpha value is -1.43. The fraction of sp³-hybridized carbons (Fsp3) is 0.769. The molecular formula is C13H21NO5. The first-order chi connectivity index (χ1) is 8.65. The van der Waals surface area contributed by atoms with Crippen molar-refractivity contribution < 1.29 is 24.2 Å². The number of ether oxygens (including phenoxy) is 1. The summed E-state index contributed by atoms with van der Waals surface area (Å²) in [5.41, 5.74) is -0.598. The molecule has 108 valence electrons. The summed E-state index contributed by atoms with van der Waals surface area (Å²) in [7, 11) is 0. The molecule has 1 heterocycles. The summed E-state index contributed by atoms with van der Waals surface area (Å²) in [5.74, 6) is -2.50. The molecule has 19 heavy (non-hydrogen) atoms. The molecule has 1 fully saturated rings. The zero-order valence-electron chi connectivity index (χ0n) is 11.7. The fourth-order valence-corrected chi connectivity index (χ4v) is 2.16. The van der Waals surface area contributed by atoms with Gasteiger partial charge in [-0.3, -0.25) is 19.7 Å². The Morgan fingerprint density at radius 2 is 2.05 bits per heavy atom. The molecule has 1 saturated heterocycles. The number of carbonyl (C=O) groups excluding carboxylic acids is 2. The zero-order valence-corrected chi connectivity index (χ0v) is 11.7. The van der Waals surface area contributed by atoms with E-state index in [1.54, 1.807) is 20.8 Å². The van der Waals surface area contributed by atoms with Gasteiger partial charge >= 0.3 is 11.9 Å². The summed E-state index contributed by atoms with van der Waals surface area (Å²) in [4.78, 5) is 34.5. The monoisotopic (exact) mass is 271 g/mol. The van der Waals surface area contributed by atoms with Crippen LogP contribution in [-0.2, 0) is 19.1 Å². The van der Waals surface area contributed by atoms with Crippen molar-refractivity contribution in [1.82, 2.24) is 5.32 Å². The second-order valence-electron chi connectivity index (χ2n) is 5.76. The fourth-order valence-electron chi connectivity index (χ4n) is 2.16. The van der Waals surface area contributed by atoms with Crippen molar-refractivity contribution in [3.63, 3.8) is 0 Å². The van der Waals surface area contributed by atoms with Crippen LogP contribution in [0.3, 0.4) is 0 Å². The maximum atomic E-state index is 12.0. The molecule has 1 rings (SSSR count). The number of nitrogens with one attached hydrogen (secondary N) is 1. The molecule has 0 aliphatic carbocycles. The van der Waals surface area contributed by atoms with Crippen molar-refractivity contribution in [2.45, 2.75) is 58.2 Å². The summed E-state index contributed by atoms with van der Waals surface area (Å²) >= 11 is 0. The normalized spacial score (nSPS) is 25.2. The van der Waals surface area contributed by atoms with Gasteiger partial charge in [0.1, 0.15) is 5.60 Å². The van der Waals surface area contributed by atoms with E-state index < -0.39 is 35.5 Å². The Kier molecular flexibility index (Phi) is 4.68. The summed E-state index contributed by atoms with van der Waals surface area (Å²) in [6, 6.07) is -1.67. The van der Waals surface area contributed by atoms with Gasteiger partial charge in [0.05, 0.1) is 5.92 Å². The molecule has 0 bridgehead atoms. The van der Waals surface area contributed by atoms with Crippen molar-refractivity contribution in [3.05, 3.63) is 0 Å². The van der Waals surface area contributed by atoms with Gasteiger partial charge in [0, 0.05) is 12.5 Å². The Morgan fingerprint density at radius 3 is 2.42 bits per heavy atom. The number of hydrogen-bond donors (Lipinski definition) is 2. The van der Waals surface area contributed by atoms with Gasteiger partial charge in [0.2, 0.25) is 0 Å². The molecule has 0 aromatic carbocycles. The lowest BCUT2D eigenvalue weighted by Crippen LogP contribution is -2.44. The third-order valence-corrected chi connectivity index (χ3v) is 3.01. The predicted octanol–water partition coefficient (Wildman–Crippen LogP) is 0.738. The van der Waals surface area contributed by atoms with E-state index in [9.17, 15) is 14.4 Å². The van der Waals surface area contributed by atoms with E-state index in [2.05, 4.69) is 5.32 Å². The minimum absolute atomic E-state index is 0.0503. The lowest BCUT2D eigenvalue weighted by Gasteiger charge is -2.26. The first-order valence-corrected chi connectivity index (χ1v) is 6.40. The Balaban J connectivity index is 2.74. The molecule has 3 atom stereocenters. The number of ketones is 1. The number of carboxylic acid groups (broad SMARTS) is 1. The minimum Gasteiger partial charge on any atom is -0.480 e. The van der Waals surface area contributed by atoms with E-state index in [0.29, 0.717) is 6.42 Å². The standard InChI is InChI=1S/C13H21NO5/c1-5-7(12(18)19-13(2,3)4)8-6-9(15)10(14-8)11(16)17/h7-8,10,14H,5-6H2,1-4H3,(H,16,17)/t7?,8-,10+/m1/s1. The summed E-state index contributed by atoms with van der Waals surface area (Å²) in [6.45, 7) is 7.12. The molecule has 0 radical (unpaired) electrons. The smallest absolute Gasteiger partial charge is 0.328 e. The highest BCUT2D eigenvalue weighted by Gasteiger charge is 2.42. The highest BCUT2D eigenvalue weighted by Crippen LogP contribution is 2.23. The molecule has 1 aliphatic heterocycles. The summed E-state index contributed by atoms with van der Waals surface area (Å²) in [6.07, 6.45) is 0.543. The van der Waals surface area contributed by atoms with Gasteiger partial charge in [-0.2, -0.15) is 0 Å². The lowest BCUT2D eigenvalue weighted by atomic mass is 9.95. The van der Waals surface area contributed by atoms with Crippen LogP contribution in [0, 0.1) is 5.92 Å². The third-order valence-electron chi connectivity index (χ3n) is 3.01. The number of carbonyl (C=O) groups is 3. The van der Waals surface area contributed by atoms with Crippen LogP contribution in [0.4, 0.5) is 0 Å². The molecular weight excluding hydrogens is 250 g/mol. The van der Waals surface area contributed by atoms with Crippen LogP contribution in [0.1, 0.15) is 40.5 Å². The van der Waals surface area contributed by atoms with Crippen molar-refractivity contribution in [2.75, 3.05) is 0 Å². The SMILES string of the molecule is CCC(C(=O)OC(C)(C)C)[C@H]1CC(=O)[C@@H](C(=O)O)N1. The van der Waals surface area contributed by atoms with Gasteiger partial charge in [-0.25, -0.2) is 0 Å². The quantitative estimate of drug-likeness (QED) is 0.578. The van der Waals surface area contributed by atoms with Gasteiger partial charge in [-0.05, 0) is 27.2 Å². The van der Waals surface area contributed by atoms with Crippen LogP contribution >= 0.6 is 0 Å². The van der Waals surface area contributed by atoms with E-state index in [1.165, 1.54) is 0 Å². The minimum atomic E-state index is -1.21. The van der Waals surface area contributed by atoms with Gasteiger partial charge in [0.15, 0.2) is 11.8 Å². The van der Waals surface area contributed by atoms with Crippen LogP contribution in [0.25, 0.3) is 0 Å². The summed E-state index contributed by atoms with van der Waals surface area (Å²) < 4.78 is 5.30. The Labute approximate surface area is 112 Å². The average molecular weight is 271 g/mol. The number of aliphatic carboxylic acids is 1. The number of Topliss-reactive ketones (excluding diaryl/α,β-unsaturated/α-hetero) is 1. The van der Waals surface area contributed by atoms with E-state index in [-0.39, 0.29) is 12.2 Å². The Morgan fingerprint density at radius 1 is 1.47 bits per heavy atom. The first kappa shape index (κ1) is 15.6. The maximum Gasteiger partial charge on any atom is 0.328 e. The van der Waals surface area contributed by atoms with Crippen molar-refractivity contribution in [2.24, 2.45) is 5.92 Å². The van der Waals surface area contributed by atoms with E-state index in [1.807, 2.05) is 6.92 Å². The van der Waals surface area contributed by atoms with Crippen molar-refractivity contribution in [3.8, 4) is 0 Å². The maximum absolute atomic E-state index is 12.0. The molecule has 0 amide bonds. The van der Waals surface area contributed by atoms with E-state index in [0.717, 1.165) is 0 Å². The van der Waals surface area contributed by atoms with Crippen LogP contribution in [0.2, 0.25) is 0 Å². The highest BCUT2D eigenvalue weighted by molar-refractivity contribution is 6.04. The van der Waals surface area contributed by atoms with Gasteiger partial charge in [0.25, 0.3) is 0 Å². The molecule has 0 aromatic rings. The first-order valence-electron chi connectivity index (χ1n) is 6.40. The van der Waals surface area contributed by atoms with Crippen molar-refractivity contribution in [1.29, 1.82) is 0 Å². The van der Waals surface area contributed by atoms with Gasteiger partial charge in [-0.15, -0.1) is 0 Å². The van der Waals surface area contributed by atoms with Crippen LogP contribution in [0.15, 0.2) is 0 Å². The average Bonchev–Trinajstić information content (AvgIpc) is 2.58. The molecule has 6 heteroatoms. The molecule has 0 aromatic heterocycles. The second kappa shape index (κ2) is 5.69. The van der Waals surface area contributed by atoms with Gasteiger partial charge < -0.3 is 9.84 Å². The summed E-state index contributed by atoms with van der Waals surface area (Å²) in [5, 5.41) is 11.6. The zero-order chi connectivity index (χ0) is 14.8.